The number of carbonyl (C=O) groups excluding carboxylic acids is 2. The molecule has 1 aliphatic rings. The van der Waals surface area contributed by atoms with Crippen LogP contribution in [-0.4, -0.2) is 48.8 Å². The number of benzene rings is 3. The van der Waals surface area contributed by atoms with Crippen molar-refractivity contribution in [2.75, 3.05) is 12.3 Å². The van der Waals surface area contributed by atoms with Crippen molar-refractivity contribution < 1.29 is 9.59 Å². The van der Waals surface area contributed by atoms with Gasteiger partial charge in [-0.05, 0) is 48.2 Å². The van der Waals surface area contributed by atoms with Crippen LogP contribution in [0.3, 0.4) is 0 Å². The van der Waals surface area contributed by atoms with Crippen molar-refractivity contribution in [3.63, 3.8) is 0 Å². The highest BCUT2D eigenvalue weighted by molar-refractivity contribution is 7.99. The molecule has 3 heterocycles. The number of aromatic nitrogens is 4. The average molecular weight is 492 g/mol. The van der Waals surface area contributed by atoms with Crippen LogP contribution in [0, 0.1) is 0 Å². The molecule has 0 saturated carbocycles. The standard InChI is InChI=1S/C28H21N5O2S/c34-26-22-11-4-7-19-8-5-12-23(24(19)22)27(35)32(26)17-6-18-36-28-31-30-25(20-13-15-29-16-14-20)33(28)21-9-2-1-3-10-21/h1-5,7-16H,6,17-18H2. The Hall–Kier alpha value is -4.30. The second-order valence-electron chi connectivity index (χ2n) is 8.39. The highest BCUT2D eigenvalue weighted by Gasteiger charge is 2.32. The van der Waals surface area contributed by atoms with E-state index in [9.17, 15) is 9.59 Å². The van der Waals surface area contributed by atoms with E-state index in [1.807, 2.05) is 71.3 Å². The van der Waals surface area contributed by atoms with E-state index in [2.05, 4.69) is 15.2 Å². The summed E-state index contributed by atoms with van der Waals surface area (Å²) in [6.45, 7) is 0.339. The van der Waals surface area contributed by atoms with E-state index >= 15 is 0 Å². The normalized spacial score (nSPS) is 12.9. The molecule has 0 saturated heterocycles. The summed E-state index contributed by atoms with van der Waals surface area (Å²) in [4.78, 5) is 31.8. The zero-order valence-corrected chi connectivity index (χ0v) is 20.1. The number of nitrogens with zero attached hydrogens (tertiary/aromatic N) is 5. The smallest absolute Gasteiger partial charge is 0.261 e. The minimum atomic E-state index is -0.235. The van der Waals surface area contributed by atoms with Crippen molar-refractivity contribution in [3.8, 4) is 17.1 Å². The Morgan fingerprint density at radius 1 is 0.750 bits per heavy atom. The van der Waals surface area contributed by atoms with Crippen molar-refractivity contribution in [2.24, 2.45) is 0 Å². The van der Waals surface area contributed by atoms with E-state index in [1.54, 1.807) is 36.3 Å². The Bertz CT molecular complexity index is 1530. The molecular formula is C28H21N5O2S. The number of carbonyl (C=O) groups is 2. The maximum atomic E-state index is 13.1. The van der Waals surface area contributed by atoms with E-state index in [-0.39, 0.29) is 11.8 Å². The first-order valence-corrected chi connectivity index (χ1v) is 12.6. The molecule has 3 aromatic carbocycles. The maximum Gasteiger partial charge on any atom is 0.261 e. The lowest BCUT2D eigenvalue weighted by Crippen LogP contribution is -2.41. The second-order valence-corrected chi connectivity index (χ2v) is 9.45. The molecule has 0 unspecified atom stereocenters. The van der Waals surface area contributed by atoms with Crippen LogP contribution in [0.4, 0.5) is 0 Å². The zero-order valence-electron chi connectivity index (χ0n) is 19.2. The molecule has 0 aliphatic carbocycles. The number of hydrogen-bond donors (Lipinski definition) is 0. The highest BCUT2D eigenvalue weighted by atomic mass is 32.2. The summed E-state index contributed by atoms with van der Waals surface area (Å²) in [7, 11) is 0. The van der Waals surface area contributed by atoms with Gasteiger partial charge in [-0.1, -0.05) is 54.2 Å². The Balaban J connectivity index is 1.20. The average Bonchev–Trinajstić information content (AvgIpc) is 3.36. The van der Waals surface area contributed by atoms with Crippen molar-refractivity contribution >= 4 is 34.3 Å². The summed E-state index contributed by atoms with van der Waals surface area (Å²) in [6, 6.07) is 24.9. The maximum absolute atomic E-state index is 13.1. The lowest BCUT2D eigenvalue weighted by molar-refractivity contribution is 0.0611. The topological polar surface area (TPSA) is 81.0 Å². The Morgan fingerprint density at radius 3 is 2.14 bits per heavy atom. The highest BCUT2D eigenvalue weighted by Crippen LogP contribution is 2.31. The van der Waals surface area contributed by atoms with Crippen LogP contribution < -0.4 is 0 Å². The molecule has 2 amide bonds. The van der Waals surface area contributed by atoms with Crippen LogP contribution in [0.2, 0.25) is 0 Å². The molecule has 0 spiro atoms. The van der Waals surface area contributed by atoms with Gasteiger partial charge in [-0.15, -0.1) is 10.2 Å². The quantitative estimate of drug-likeness (QED) is 0.175. The Labute approximate surface area is 211 Å². The van der Waals surface area contributed by atoms with Crippen molar-refractivity contribution in [1.29, 1.82) is 0 Å². The summed E-state index contributed by atoms with van der Waals surface area (Å²) in [5.41, 5.74) is 3.05. The molecule has 176 valence electrons. The summed E-state index contributed by atoms with van der Waals surface area (Å²) in [5, 5.41) is 11.3. The molecule has 7 nitrogen and oxygen atoms in total. The largest absolute Gasteiger partial charge is 0.274 e. The van der Waals surface area contributed by atoms with E-state index in [4.69, 9.17) is 0 Å². The van der Waals surface area contributed by atoms with Gasteiger partial charge in [0.2, 0.25) is 0 Å². The second kappa shape index (κ2) is 9.39. The molecule has 2 aromatic heterocycles. The summed E-state index contributed by atoms with van der Waals surface area (Å²) in [6.07, 6.45) is 4.10. The van der Waals surface area contributed by atoms with Gasteiger partial charge in [-0.25, -0.2) is 0 Å². The number of rotatable bonds is 7. The fourth-order valence-corrected chi connectivity index (χ4v) is 5.41. The molecule has 0 radical (unpaired) electrons. The molecular weight excluding hydrogens is 470 g/mol. The number of imide groups is 1. The van der Waals surface area contributed by atoms with Gasteiger partial charge in [0.05, 0.1) is 0 Å². The monoisotopic (exact) mass is 491 g/mol. The first kappa shape index (κ1) is 22.2. The van der Waals surface area contributed by atoms with Gasteiger partial charge in [0.15, 0.2) is 11.0 Å². The van der Waals surface area contributed by atoms with Crippen LogP contribution in [0.25, 0.3) is 27.8 Å². The molecule has 0 atom stereocenters. The zero-order chi connectivity index (χ0) is 24.5. The van der Waals surface area contributed by atoms with Crippen molar-refractivity contribution in [1.82, 2.24) is 24.6 Å². The SMILES string of the molecule is O=C1c2cccc3cccc(c23)C(=O)N1CCCSc1nnc(-c2ccncc2)n1-c1ccccc1. The van der Waals surface area contributed by atoms with Gasteiger partial charge in [0.25, 0.3) is 11.8 Å². The molecule has 6 rings (SSSR count). The van der Waals surface area contributed by atoms with Gasteiger partial charge < -0.3 is 0 Å². The third-order valence-corrected chi connectivity index (χ3v) is 7.21. The van der Waals surface area contributed by atoms with Gasteiger partial charge >= 0.3 is 0 Å². The van der Waals surface area contributed by atoms with Crippen LogP contribution in [-0.2, 0) is 0 Å². The predicted octanol–water partition coefficient (Wildman–Crippen LogP) is 5.26. The summed E-state index contributed by atoms with van der Waals surface area (Å²) < 4.78 is 2.02. The fourth-order valence-electron chi connectivity index (χ4n) is 4.53. The van der Waals surface area contributed by atoms with Crippen LogP contribution >= 0.6 is 11.8 Å². The number of amides is 2. The molecule has 8 heteroatoms. The Morgan fingerprint density at radius 2 is 1.44 bits per heavy atom. The minimum absolute atomic E-state index is 0.235. The fraction of sp³-hybridized carbons (Fsp3) is 0.107. The number of hydrogen-bond acceptors (Lipinski definition) is 6. The van der Waals surface area contributed by atoms with Crippen molar-refractivity contribution in [3.05, 3.63) is 102 Å². The molecule has 0 fully saturated rings. The Kier molecular flexibility index (Phi) is 5.79. The molecule has 0 N–H and O–H groups in total. The number of thioether (sulfide) groups is 1. The van der Waals surface area contributed by atoms with Gasteiger partial charge in [0, 0.05) is 52.5 Å². The van der Waals surface area contributed by atoms with Crippen molar-refractivity contribution in [2.45, 2.75) is 11.6 Å². The van der Waals surface area contributed by atoms with E-state index in [0.29, 0.717) is 29.8 Å². The minimum Gasteiger partial charge on any atom is -0.274 e. The third kappa shape index (κ3) is 3.85. The van der Waals surface area contributed by atoms with Crippen LogP contribution in [0.1, 0.15) is 27.1 Å². The first-order chi connectivity index (χ1) is 17.7. The van der Waals surface area contributed by atoms with E-state index in [0.717, 1.165) is 33.0 Å². The van der Waals surface area contributed by atoms with E-state index in [1.165, 1.54) is 4.90 Å². The summed E-state index contributed by atoms with van der Waals surface area (Å²) >= 11 is 1.55. The van der Waals surface area contributed by atoms with E-state index < -0.39 is 0 Å². The third-order valence-electron chi connectivity index (χ3n) is 6.20. The summed E-state index contributed by atoms with van der Waals surface area (Å²) in [5.74, 6) is 0.935. The molecule has 1 aliphatic heterocycles. The molecule has 0 bridgehead atoms. The van der Waals surface area contributed by atoms with Crippen LogP contribution in [0.15, 0.2) is 96.4 Å². The van der Waals surface area contributed by atoms with Gasteiger partial charge in [-0.2, -0.15) is 0 Å². The number of para-hydroxylation sites is 1. The van der Waals surface area contributed by atoms with Crippen LogP contribution in [0.5, 0.6) is 0 Å². The first-order valence-electron chi connectivity index (χ1n) is 11.6. The predicted molar refractivity (Wildman–Crippen MR) is 139 cm³/mol. The lowest BCUT2D eigenvalue weighted by Gasteiger charge is -2.27. The van der Waals surface area contributed by atoms with Gasteiger partial charge in [0.1, 0.15) is 0 Å². The number of pyridine rings is 1. The van der Waals surface area contributed by atoms with Gasteiger partial charge in [-0.3, -0.25) is 24.0 Å². The molecule has 36 heavy (non-hydrogen) atoms. The lowest BCUT2D eigenvalue weighted by atomic mass is 9.94. The molecule has 5 aromatic rings.